The Morgan fingerprint density at radius 1 is 1.30 bits per heavy atom. The Labute approximate surface area is 162 Å². The fourth-order valence-corrected chi connectivity index (χ4v) is 4.37. The van der Waals surface area contributed by atoms with Crippen molar-refractivity contribution in [2.24, 2.45) is 0 Å². The second kappa shape index (κ2) is 7.94. The number of nitrogens with zero attached hydrogens (tertiary/aromatic N) is 3. The Morgan fingerprint density at radius 3 is 2.74 bits per heavy atom. The first-order chi connectivity index (χ1) is 12.8. The van der Waals surface area contributed by atoms with Crippen molar-refractivity contribution in [3.63, 3.8) is 0 Å². The third kappa shape index (κ3) is 4.47. The molecule has 146 valence electrons. The lowest BCUT2D eigenvalue weighted by Gasteiger charge is -2.25. The molecular weight excluding hydrogens is 360 g/mol. The summed E-state index contributed by atoms with van der Waals surface area (Å²) in [6, 6.07) is 6.26. The molecule has 2 heterocycles. The van der Waals surface area contributed by atoms with Crippen molar-refractivity contribution in [1.82, 2.24) is 15.3 Å². The molecule has 6 nitrogen and oxygen atoms in total. The van der Waals surface area contributed by atoms with Crippen LogP contribution in [0.5, 0.6) is 0 Å². The molecular formula is C20H28N4O2S. The van der Waals surface area contributed by atoms with Crippen LogP contribution in [0.25, 0.3) is 0 Å². The minimum atomic E-state index is -3.37. The summed E-state index contributed by atoms with van der Waals surface area (Å²) in [7, 11) is -1.42. The third-order valence-electron chi connectivity index (χ3n) is 5.32. The van der Waals surface area contributed by atoms with E-state index in [9.17, 15) is 8.42 Å². The second-order valence-electron chi connectivity index (χ2n) is 7.45. The number of sulfone groups is 1. The van der Waals surface area contributed by atoms with E-state index in [0.29, 0.717) is 18.2 Å². The highest BCUT2D eigenvalue weighted by Crippen LogP contribution is 2.29. The molecule has 27 heavy (non-hydrogen) atoms. The Hall–Kier alpha value is -1.99. The minimum absolute atomic E-state index is 0.0966. The van der Waals surface area contributed by atoms with E-state index >= 15 is 0 Å². The molecule has 3 rings (SSSR count). The lowest BCUT2D eigenvalue weighted by Crippen LogP contribution is -2.30. The Kier molecular flexibility index (Phi) is 5.81. The number of aromatic nitrogens is 2. The number of aryl methyl sites for hydroxylation is 1. The standard InChI is InChI=1S/C20H28N4O2S/c1-14-7-5-8-17(15(14)2)13-24(3)20-22-12-18(27(4,25)26)19(23-20)16-9-6-10-21-11-16/h5,7-8,12,16,21H,6,9-11,13H2,1-4H3. The van der Waals surface area contributed by atoms with Crippen LogP contribution >= 0.6 is 0 Å². The second-order valence-corrected chi connectivity index (χ2v) is 9.43. The van der Waals surface area contributed by atoms with Gasteiger partial charge in [0.05, 0.1) is 11.9 Å². The zero-order valence-electron chi connectivity index (χ0n) is 16.5. The first-order valence-corrected chi connectivity index (χ1v) is 11.2. The van der Waals surface area contributed by atoms with Gasteiger partial charge in [-0.2, -0.15) is 0 Å². The van der Waals surface area contributed by atoms with E-state index in [1.54, 1.807) is 0 Å². The first-order valence-electron chi connectivity index (χ1n) is 9.31. The van der Waals surface area contributed by atoms with Gasteiger partial charge >= 0.3 is 0 Å². The molecule has 1 atom stereocenters. The monoisotopic (exact) mass is 388 g/mol. The third-order valence-corrected chi connectivity index (χ3v) is 6.43. The van der Waals surface area contributed by atoms with Crippen molar-refractivity contribution in [2.75, 3.05) is 31.3 Å². The SMILES string of the molecule is Cc1cccc(CN(C)c2ncc(S(C)(=O)=O)c(C3CCCNC3)n2)c1C. The summed E-state index contributed by atoms with van der Waals surface area (Å²) in [5.41, 5.74) is 4.37. The molecule has 0 radical (unpaired) electrons. The number of piperidine rings is 1. The molecule has 1 aromatic heterocycles. The molecule has 7 heteroatoms. The summed E-state index contributed by atoms with van der Waals surface area (Å²) in [6.45, 7) is 6.61. The van der Waals surface area contributed by atoms with Crippen molar-refractivity contribution in [3.05, 3.63) is 46.8 Å². The maximum Gasteiger partial charge on any atom is 0.225 e. The number of nitrogens with one attached hydrogen (secondary N) is 1. The zero-order valence-corrected chi connectivity index (χ0v) is 17.3. The fourth-order valence-electron chi connectivity index (χ4n) is 3.53. The summed E-state index contributed by atoms with van der Waals surface area (Å²) < 4.78 is 24.5. The predicted octanol–water partition coefficient (Wildman–Crippen LogP) is 2.60. The van der Waals surface area contributed by atoms with E-state index in [-0.39, 0.29) is 10.8 Å². The Morgan fingerprint density at radius 2 is 2.07 bits per heavy atom. The summed E-state index contributed by atoms with van der Waals surface area (Å²) in [4.78, 5) is 11.3. The van der Waals surface area contributed by atoms with Gasteiger partial charge in [0.25, 0.3) is 0 Å². The Bertz CT molecular complexity index is 922. The van der Waals surface area contributed by atoms with Gasteiger partial charge in [-0.3, -0.25) is 0 Å². The van der Waals surface area contributed by atoms with Gasteiger partial charge in [-0.1, -0.05) is 18.2 Å². The first kappa shape index (κ1) is 19.8. The molecule has 1 aliphatic heterocycles. The van der Waals surface area contributed by atoms with Crippen LogP contribution in [0.15, 0.2) is 29.3 Å². The van der Waals surface area contributed by atoms with Gasteiger partial charge in [-0.15, -0.1) is 0 Å². The molecule has 0 amide bonds. The van der Waals surface area contributed by atoms with E-state index in [0.717, 1.165) is 25.9 Å². The molecule has 1 aliphatic rings. The van der Waals surface area contributed by atoms with E-state index < -0.39 is 9.84 Å². The average molecular weight is 389 g/mol. The van der Waals surface area contributed by atoms with Gasteiger partial charge in [0.1, 0.15) is 4.90 Å². The fraction of sp³-hybridized carbons (Fsp3) is 0.500. The van der Waals surface area contributed by atoms with Crippen LogP contribution in [0, 0.1) is 13.8 Å². The molecule has 0 aliphatic carbocycles. The van der Waals surface area contributed by atoms with Gasteiger partial charge < -0.3 is 10.2 Å². The maximum absolute atomic E-state index is 12.2. The van der Waals surface area contributed by atoms with Crippen molar-refractivity contribution >= 4 is 15.8 Å². The quantitative estimate of drug-likeness (QED) is 0.849. The minimum Gasteiger partial charge on any atom is -0.340 e. The number of hydrogen-bond donors (Lipinski definition) is 1. The smallest absolute Gasteiger partial charge is 0.225 e. The highest BCUT2D eigenvalue weighted by Gasteiger charge is 2.26. The molecule has 1 saturated heterocycles. The van der Waals surface area contributed by atoms with Crippen molar-refractivity contribution in [3.8, 4) is 0 Å². The summed E-state index contributed by atoms with van der Waals surface area (Å²) >= 11 is 0. The maximum atomic E-state index is 12.2. The largest absolute Gasteiger partial charge is 0.340 e. The molecule has 2 aromatic rings. The number of rotatable bonds is 5. The van der Waals surface area contributed by atoms with Gasteiger partial charge in [0.15, 0.2) is 9.84 Å². The van der Waals surface area contributed by atoms with Crippen LogP contribution in [0.3, 0.4) is 0 Å². The van der Waals surface area contributed by atoms with E-state index in [2.05, 4.69) is 42.3 Å². The number of hydrogen-bond acceptors (Lipinski definition) is 6. The van der Waals surface area contributed by atoms with Gasteiger partial charge in [0.2, 0.25) is 5.95 Å². The van der Waals surface area contributed by atoms with Gasteiger partial charge in [0, 0.05) is 32.3 Å². The van der Waals surface area contributed by atoms with E-state index in [1.165, 1.54) is 29.1 Å². The summed E-state index contributed by atoms with van der Waals surface area (Å²) in [5, 5.41) is 3.35. The van der Waals surface area contributed by atoms with Crippen molar-refractivity contribution in [2.45, 2.75) is 44.0 Å². The molecule has 0 bridgehead atoms. The topological polar surface area (TPSA) is 75.2 Å². The highest BCUT2D eigenvalue weighted by molar-refractivity contribution is 7.90. The van der Waals surface area contributed by atoms with Gasteiger partial charge in [-0.05, 0) is 49.9 Å². The van der Waals surface area contributed by atoms with Crippen molar-refractivity contribution < 1.29 is 8.42 Å². The lowest BCUT2D eigenvalue weighted by atomic mass is 9.96. The van der Waals surface area contributed by atoms with E-state index in [1.807, 2.05) is 11.9 Å². The highest BCUT2D eigenvalue weighted by atomic mass is 32.2. The lowest BCUT2D eigenvalue weighted by molar-refractivity contribution is 0.447. The van der Waals surface area contributed by atoms with Crippen LogP contribution in [0.1, 0.15) is 41.1 Å². The summed E-state index contributed by atoms with van der Waals surface area (Å²) in [6.07, 6.45) is 4.66. The number of benzene rings is 1. The summed E-state index contributed by atoms with van der Waals surface area (Å²) in [5.74, 6) is 0.656. The van der Waals surface area contributed by atoms with Crippen LogP contribution in [-0.2, 0) is 16.4 Å². The molecule has 0 saturated carbocycles. The molecule has 1 aromatic carbocycles. The normalized spacial score (nSPS) is 17.7. The Balaban J connectivity index is 1.94. The molecule has 0 spiro atoms. The van der Waals surface area contributed by atoms with Crippen LogP contribution in [0.4, 0.5) is 5.95 Å². The molecule has 1 N–H and O–H groups in total. The van der Waals surface area contributed by atoms with Crippen LogP contribution in [-0.4, -0.2) is 44.8 Å². The average Bonchev–Trinajstić information content (AvgIpc) is 2.65. The van der Waals surface area contributed by atoms with Crippen LogP contribution in [0.2, 0.25) is 0 Å². The molecule has 1 unspecified atom stereocenters. The van der Waals surface area contributed by atoms with Crippen molar-refractivity contribution in [1.29, 1.82) is 0 Å². The zero-order chi connectivity index (χ0) is 19.6. The predicted molar refractivity (Wildman–Crippen MR) is 108 cm³/mol. The molecule has 1 fully saturated rings. The van der Waals surface area contributed by atoms with Crippen LogP contribution < -0.4 is 10.2 Å². The van der Waals surface area contributed by atoms with Gasteiger partial charge in [-0.25, -0.2) is 18.4 Å². The van der Waals surface area contributed by atoms with E-state index in [4.69, 9.17) is 4.98 Å². The number of anilines is 1.